The van der Waals surface area contributed by atoms with Crippen LogP contribution in [0.25, 0.3) is 0 Å². The van der Waals surface area contributed by atoms with Crippen LogP contribution in [0.4, 0.5) is 0 Å². The molecule has 4 nitrogen and oxygen atoms in total. The molecular formula is C12H16Cl2N2O2. The van der Waals surface area contributed by atoms with Crippen LogP contribution in [0, 0.1) is 0 Å². The highest BCUT2D eigenvalue weighted by Gasteiger charge is 2.19. The summed E-state index contributed by atoms with van der Waals surface area (Å²) < 4.78 is 5.58. The van der Waals surface area contributed by atoms with Crippen molar-refractivity contribution in [2.75, 3.05) is 14.1 Å². The van der Waals surface area contributed by atoms with Gasteiger partial charge in [-0.15, -0.1) is 0 Å². The van der Waals surface area contributed by atoms with Gasteiger partial charge in [-0.05, 0) is 19.1 Å². The molecule has 0 aliphatic carbocycles. The summed E-state index contributed by atoms with van der Waals surface area (Å²) in [7, 11) is 3.32. The molecule has 0 spiro atoms. The molecule has 2 N–H and O–H groups in total. The first-order valence-electron chi connectivity index (χ1n) is 5.42. The number of rotatable bonds is 4. The summed E-state index contributed by atoms with van der Waals surface area (Å²) in [6.07, 6.45) is -0.635. The zero-order chi connectivity index (χ0) is 13.9. The maximum atomic E-state index is 11.7. The minimum Gasteiger partial charge on any atom is -0.479 e. The Morgan fingerprint density at radius 1 is 1.44 bits per heavy atom. The highest BCUT2D eigenvalue weighted by atomic mass is 35.5. The molecule has 0 aliphatic rings. The van der Waals surface area contributed by atoms with Gasteiger partial charge in [0.25, 0.3) is 5.91 Å². The van der Waals surface area contributed by atoms with Crippen LogP contribution in [0.1, 0.15) is 12.5 Å². The topological polar surface area (TPSA) is 55.6 Å². The minimum absolute atomic E-state index is 0.149. The van der Waals surface area contributed by atoms with Gasteiger partial charge in [0.05, 0.1) is 5.02 Å². The van der Waals surface area contributed by atoms with E-state index in [2.05, 4.69) is 0 Å². The molecule has 100 valence electrons. The van der Waals surface area contributed by atoms with E-state index < -0.39 is 6.10 Å². The molecule has 1 amide bonds. The second kappa shape index (κ2) is 6.27. The Morgan fingerprint density at radius 3 is 2.56 bits per heavy atom. The number of halogens is 2. The monoisotopic (exact) mass is 290 g/mol. The largest absolute Gasteiger partial charge is 0.479 e. The van der Waals surface area contributed by atoms with Gasteiger partial charge in [-0.2, -0.15) is 0 Å². The lowest BCUT2D eigenvalue weighted by Gasteiger charge is -2.20. The number of nitrogens with zero attached hydrogens (tertiary/aromatic N) is 1. The van der Waals surface area contributed by atoms with Crippen LogP contribution < -0.4 is 10.5 Å². The summed E-state index contributed by atoms with van der Waals surface area (Å²) in [6, 6.07) is 3.24. The number of nitrogens with two attached hydrogens (primary N) is 1. The van der Waals surface area contributed by atoms with Crippen LogP contribution in [0.2, 0.25) is 10.0 Å². The highest BCUT2D eigenvalue weighted by molar-refractivity contribution is 6.35. The van der Waals surface area contributed by atoms with Gasteiger partial charge < -0.3 is 15.4 Å². The molecule has 1 unspecified atom stereocenters. The molecule has 1 aromatic rings. The lowest BCUT2D eigenvalue weighted by molar-refractivity contribution is -0.135. The summed E-state index contributed by atoms with van der Waals surface area (Å²) in [5, 5.41) is 0.834. The number of ether oxygens (including phenoxy) is 1. The second-order valence-corrected chi connectivity index (χ2v) is 4.92. The molecule has 1 rings (SSSR count). The summed E-state index contributed by atoms with van der Waals surface area (Å²) in [5.41, 5.74) is 6.28. The van der Waals surface area contributed by atoms with Crippen molar-refractivity contribution in [1.29, 1.82) is 0 Å². The molecule has 18 heavy (non-hydrogen) atoms. The molecule has 1 atom stereocenters. The quantitative estimate of drug-likeness (QED) is 0.926. The summed E-state index contributed by atoms with van der Waals surface area (Å²) in [5.74, 6) is 0.259. The molecule has 0 heterocycles. The van der Waals surface area contributed by atoms with Crippen LogP contribution in [0.5, 0.6) is 5.75 Å². The number of likely N-dealkylation sites (N-methyl/N-ethyl adjacent to an activating group) is 1. The summed E-state index contributed by atoms with van der Waals surface area (Å²) >= 11 is 11.9. The maximum absolute atomic E-state index is 11.7. The molecule has 0 aliphatic heterocycles. The van der Waals surface area contributed by atoms with Crippen LogP contribution in [0.15, 0.2) is 12.1 Å². The first kappa shape index (κ1) is 15.1. The molecular weight excluding hydrogens is 275 g/mol. The van der Waals surface area contributed by atoms with Crippen LogP contribution in [-0.4, -0.2) is 31.0 Å². The van der Waals surface area contributed by atoms with Crippen molar-refractivity contribution >= 4 is 29.1 Å². The third-order valence-corrected chi connectivity index (χ3v) is 2.89. The van der Waals surface area contributed by atoms with E-state index in [0.29, 0.717) is 21.4 Å². The van der Waals surface area contributed by atoms with E-state index in [4.69, 9.17) is 33.7 Å². The van der Waals surface area contributed by atoms with Gasteiger partial charge >= 0.3 is 0 Å². The van der Waals surface area contributed by atoms with Crippen LogP contribution in [-0.2, 0) is 11.3 Å². The molecule has 6 heteroatoms. The van der Waals surface area contributed by atoms with Gasteiger partial charge in [0.15, 0.2) is 6.10 Å². The third kappa shape index (κ3) is 3.51. The number of carbonyl (C=O) groups is 1. The van der Waals surface area contributed by atoms with Crippen molar-refractivity contribution in [3.05, 3.63) is 27.7 Å². The second-order valence-electron chi connectivity index (χ2n) is 4.07. The lowest BCUT2D eigenvalue weighted by Crippen LogP contribution is -2.35. The van der Waals surface area contributed by atoms with Gasteiger partial charge in [-0.25, -0.2) is 0 Å². The van der Waals surface area contributed by atoms with Crippen molar-refractivity contribution < 1.29 is 9.53 Å². The van der Waals surface area contributed by atoms with E-state index in [-0.39, 0.29) is 12.5 Å². The molecule has 0 bridgehead atoms. The first-order chi connectivity index (χ1) is 8.36. The number of carbonyl (C=O) groups excluding carboxylic acids is 1. The number of hydrogen-bond donors (Lipinski definition) is 1. The van der Waals surface area contributed by atoms with Gasteiger partial charge in [0, 0.05) is 31.2 Å². The third-order valence-electron chi connectivity index (χ3n) is 2.39. The normalized spacial score (nSPS) is 12.1. The van der Waals surface area contributed by atoms with E-state index >= 15 is 0 Å². The highest BCUT2D eigenvalue weighted by Crippen LogP contribution is 2.33. The van der Waals surface area contributed by atoms with Gasteiger partial charge in [0.1, 0.15) is 5.75 Å². The van der Waals surface area contributed by atoms with Crippen molar-refractivity contribution in [3.8, 4) is 5.75 Å². The molecule has 0 saturated carbocycles. The Labute approximate surface area is 117 Å². The van der Waals surface area contributed by atoms with Crippen LogP contribution >= 0.6 is 23.2 Å². The Balaban J connectivity index is 3.00. The lowest BCUT2D eigenvalue weighted by atomic mass is 10.2. The Bertz CT molecular complexity index is 450. The first-order valence-corrected chi connectivity index (χ1v) is 6.18. The zero-order valence-electron chi connectivity index (χ0n) is 10.5. The van der Waals surface area contributed by atoms with Crippen molar-refractivity contribution in [2.24, 2.45) is 5.73 Å². The van der Waals surface area contributed by atoms with E-state index in [1.54, 1.807) is 33.2 Å². The Kier molecular flexibility index (Phi) is 5.26. The van der Waals surface area contributed by atoms with E-state index in [1.165, 1.54) is 4.90 Å². The summed E-state index contributed by atoms with van der Waals surface area (Å²) in [6.45, 7) is 1.89. The zero-order valence-corrected chi connectivity index (χ0v) is 12.0. The predicted molar refractivity (Wildman–Crippen MR) is 73.1 cm³/mol. The van der Waals surface area contributed by atoms with E-state index in [1.807, 2.05) is 0 Å². The number of benzene rings is 1. The van der Waals surface area contributed by atoms with Gasteiger partial charge in [-0.1, -0.05) is 23.2 Å². The average molecular weight is 291 g/mol. The van der Waals surface area contributed by atoms with E-state index in [9.17, 15) is 4.79 Å². The molecule has 0 radical (unpaired) electrons. The standard InChI is InChI=1S/C12H16Cl2N2O2/c1-7(12(17)16(2)3)18-11-8(6-15)4-9(13)5-10(11)14/h4-5,7H,6,15H2,1-3H3. The maximum Gasteiger partial charge on any atom is 0.262 e. The van der Waals surface area contributed by atoms with Crippen molar-refractivity contribution in [2.45, 2.75) is 19.6 Å². The molecule has 0 aromatic heterocycles. The average Bonchev–Trinajstić information content (AvgIpc) is 2.30. The molecule has 1 aromatic carbocycles. The molecule has 0 fully saturated rings. The predicted octanol–water partition coefficient (Wildman–Crippen LogP) is 2.31. The fourth-order valence-corrected chi connectivity index (χ4v) is 2.07. The van der Waals surface area contributed by atoms with Crippen LogP contribution in [0.3, 0.4) is 0 Å². The number of hydrogen-bond acceptors (Lipinski definition) is 3. The smallest absolute Gasteiger partial charge is 0.262 e. The molecule has 0 saturated heterocycles. The number of amides is 1. The Morgan fingerprint density at radius 2 is 2.06 bits per heavy atom. The van der Waals surface area contributed by atoms with Crippen molar-refractivity contribution in [1.82, 2.24) is 4.90 Å². The SMILES string of the molecule is CC(Oc1c(Cl)cc(Cl)cc1CN)C(=O)N(C)C. The fourth-order valence-electron chi connectivity index (χ4n) is 1.49. The van der Waals surface area contributed by atoms with Gasteiger partial charge in [-0.3, -0.25) is 4.79 Å². The Hall–Kier alpha value is -0.970. The fraction of sp³-hybridized carbons (Fsp3) is 0.417. The van der Waals surface area contributed by atoms with E-state index in [0.717, 1.165) is 0 Å². The van der Waals surface area contributed by atoms with Gasteiger partial charge in [0.2, 0.25) is 0 Å². The minimum atomic E-state index is -0.635. The van der Waals surface area contributed by atoms with Crippen molar-refractivity contribution in [3.63, 3.8) is 0 Å². The summed E-state index contributed by atoms with van der Waals surface area (Å²) in [4.78, 5) is 13.2.